The van der Waals surface area contributed by atoms with Gasteiger partial charge in [0.2, 0.25) is 0 Å². The second-order valence-electron chi connectivity index (χ2n) is 4.52. The van der Waals surface area contributed by atoms with Gasteiger partial charge in [-0.2, -0.15) is 0 Å². The summed E-state index contributed by atoms with van der Waals surface area (Å²) >= 11 is 0. The van der Waals surface area contributed by atoms with Crippen molar-refractivity contribution in [3.8, 4) is 5.75 Å². The number of methoxy groups -OCH3 is 1. The van der Waals surface area contributed by atoms with Crippen molar-refractivity contribution < 1.29 is 4.74 Å². The van der Waals surface area contributed by atoms with Crippen LogP contribution in [0.25, 0.3) is 0 Å². The molecule has 4 heteroatoms. The Bertz CT molecular complexity index is 558. The van der Waals surface area contributed by atoms with Crippen molar-refractivity contribution >= 4 is 0 Å². The van der Waals surface area contributed by atoms with E-state index < -0.39 is 0 Å². The number of nitrogens with two attached hydrogens (primary N) is 1. The summed E-state index contributed by atoms with van der Waals surface area (Å²) < 4.78 is 5.22. The molecule has 0 saturated heterocycles. The summed E-state index contributed by atoms with van der Waals surface area (Å²) in [6, 6.07) is 7.96. The fraction of sp³-hybridized carbons (Fsp3) is 0.333. The molecule has 0 aliphatic heterocycles. The molecule has 2 aromatic rings. The van der Waals surface area contributed by atoms with Crippen LogP contribution < -0.4 is 10.5 Å². The summed E-state index contributed by atoms with van der Waals surface area (Å²) in [5.41, 5.74) is 9.80. The molecule has 0 fully saturated rings. The first-order chi connectivity index (χ1) is 9.13. The predicted octanol–water partition coefficient (Wildman–Crippen LogP) is 2.15. The maximum atomic E-state index is 5.70. The standard InChI is InChI=1S/C15H19N3O/c1-10-14(9-16)11(2)18-15(17-10)8-12-5-4-6-13(7-12)19-3/h4-7H,8-9,16H2,1-3H3. The molecule has 0 amide bonds. The quantitative estimate of drug-likeness (QED) is 0.911. The van der Waals surface area contributed by atoms with Crippen molar-refractivity contribution in [1.82, 2.24) is 9.97 Å². The number of ether oxygens (including phenoxy) is 1. The van der Waals surface area contributed by atoms with Crippen molar-refractivity contribution in [2.75, 3.05) is 7.11 Å². The zero-order chi connectivity index (χ0) is 13.8. The predicted molar refractivity (Wildman–Crippen MR) is 75.2 cm³/mol. The van der Waals surface area contributed by atoms with E-state index in [2.05, 4.69) is 9.97 Å². The maximum Gasteiger partial charge on any atom is 0.133 e. The Kier molecular flexibility index (Phi) is 4.12. The van der Waals surface area contributed by atoms with Crippen LogP contribution in [0.1, 0.15) is 28.3 Å². The molecule has 19 heavy (non-hydrogen) atoms. The fourth-order valence-electron chi connectivity index (χ4n) is 2.15. The van der Waals surface area contributed by atoms with Gasteiger partial charge in [-0.1, -0.05) is 12.1 Å². The first-order valence-electron chi connectivity index (χ1n) is 6.30. The molecule has 1 heterocycles. The van der Waals surface area contributed by atoms with Gasteiger partial charge in [0, 0.05) is 29.9 Å². The highest BCUT2D eigenvalue weighted by Crippen LogP contribution is 2.16. The Labute approximate surface area is 113 Å². The largest absolute Gasteiger partial charge is 0.497 e. The average Bonchev–Trinajstić information content (AvgIpc) is 2.38. The highest BCUT2D eigenvalue weighted by Gasteiger charge is 2.08. The average molecular weight is 257 g/mol. The van der Waals surface area contributed by atoms with E-state index >= 15 is 0 Å². The summed E-state index contributed by atoms with van der Waals surface area (Å²) in [7, 11) is 1.67. The van der Waals surface area contributed by atoms with E-state index in [-0.39, 0.29) is 0 Å². The molecule has 100 valence electrons. The minimum absolute atomic E-state index is 0.483. The lowest BCUT2D eigenvalue weighted by atomic mass is 10.1. The highest BCUT2D eigenvalue weighted by molar-refractivity contribution is 5.31. The van der Waals surface area contributed by atoms with Crippen molar-refractivity contribution in [1.29, 1.82) is 0 Å². The van der Waals surface area contributed by atoms with Crippen LogP contribution in [0, 0.1) is 13.8 Å². The number of rotatable bonds is 4. The third kappa shape index (κ3) is 3.09. The molecule has 0 atom stereocenters. The molecule has 0 spiro atoms. The lowest BCUT2D eigenvalue weighted by Gasteiger charge is -2.09. The van der Waals surface area contributed by atoms with Crippen molar-refractivity contribution in [2.45, 2.75) is 26.8 Å². The number of hydrogen-bond donors (Lipinski definition) is 1. The van der Waals surface area contributed by atoms with Crippen molar-refractivity contribution in [3.63, 3.8) is 0 Å². The zero-order valence-corrected chi connectivity index (χ0v) is 11.6. The van der Waals surface area contributed by atoms with Gasteiger partial charge < -0.3 is 10.5 Å². The van der Waals surface area contributed by atoms with Crippen LogP contribution in [-0.2, 0) is 13.0 Å². The molecular formula is C15H19N3O. The van der Waals surface area contributed by atoms with Gasteiger partial charge in [0.25, 0.3) is 0 Å². The number of benzene rings is 1. The monoisotopic (exact) mass is 257 g/mol. The smallest absolute Gasteiger partial charge is 0.133 e. The molecule has 0 radical (unpaired) electrons. The normalized spacial score (nSPS) is 10.5. The number of hydrogen-bond acceptors (Lipinski definition) is 4. The Morgan fingerprint density at radius 1 is 1.16 bits per heavy atom. The van der Waals surface area contributed by atoms with Crippen molar-refractivity contribution in [2.24, 2.45) is 5.73 Å². The van der Waals surface area contributed by atoms with Crippen LogP contribution in [-0.4, -0.2) is 17.1 Å². The summed E-state index contributed by atoms with van der Waals surface area (Å²) in [4.78, 5) is 9.05. The number of aromatic nitrogens is 2. The highest BCUT2D eigenvalue weighted by atomic mass is 16.5. The van der Waals surface area contributed by atoms with E-state index in [4.69, 9.17) is 10.5 Å². The molecule has 1 aromatic carbocycles. The number of aryl methyl sites for hydroxylation is 2. The maximum absolute atomic E-state index is 5.70. The molecule has 4 nitrogen and oxygen atoms in total. The van der Waals surface area contributed by atoms with E-state index in [0.29, 0.717) is 13.0 Å². The van der Waals surface area contributed by atoms with Crippen LogP contribution in [0.5, 0.6) is 5.75 Å². The SMILES string of the molecule is COc1cccc(Cc2nc(C)c(CN)c(C)n2)c1. The van der Waals surface area contributed by atoms with Crippen LogP contribution in [0.3, 0.4) is 0 Å². The van der Waals surface area contributed by atoms with E-state index in [9.17, 15) is 0 Å². The van der Waals surface area contributed by atoms with Gasteiger partial charge in [0.05, 0.1) is 7.11 Å². The molecule has 2 N–H and O–H groups in total. The van der Waals surface area contributed by atoms with Gasteiger partial charge in [0.1, 0.15) is 11.6 Å². The third-order valence-corrected chi connectivity index (χ3v) is 3.17. The Hall–Kier alpha value is -1.94. The van der Waals surface area contributed by atoms with E-state index in [0.717, 1.165) is 34.1 Å². The lowest BCUT2D eigenvalue weighted by Crippen LogP contribution is -2.09. The topological polar surface area (TPSA) is 61.0 Å². The lowest BCUT2D eigenvalue weighted by molar-refractivity contribution is 0.414. The van der Waals surface area contributed by atoms with Gasteiger partial charge in [-0.3, -0.25) is 0 Å². The molecule has 0 unspecified atom stereocenters. The van der Waals surface area contributed by atoms with Gasteiger partial charge in [-0.15, -0.1) is 0 Å². The molecule has 0 aliphatic carbocycles. The second kappa shape index (κ2) is 5.80. The molecule has 2 rings (SSSR count). The van der Waals surface area contributed by atoms with Crippen LogP contribution in [0.4, 0.5) is 0 Å². The first kappa shape index (κ1) is 13.5. The molecule has 0 bridgehead atoms. The third-order valence-electron chi connectivity index (χ3n) is 3.17. The van der Waals surface area contributed by atoms with E-state index in [1.54, 1.807) is 7.11 Å². The zero-order valence-electron chi connectivity index (χ0n) is 11.6. The summed E-state index contributed by atoms with van der Waals surface area (Å²) in [6.07, 6.45) is 0.698. The Morgan fingerprint density at radius 3 is 2.42 bits per heavy atom. The van der Waals surface area contributed by atoms with Gasteiger partial charge >= 0.3 is 0 Å². The minimum Gasteiger partial charge on any atom is -0.497 e. The summed E-state index contributed by atoms with van der Waals surface area (Å²) in [6.45, 7) is 4.44. The van der Waals surface area contributed by atoms with Gasteiger partial charge in [-0.05, 0) is 31.5 Å². The fourth-order valence-corrected chi connectivity index (χ4v) is 2.15. The first-order valence-corrected chi connectivity index (χ1v) is 6.30. The Morgan fingerprint density at radius 2 is 1.84 bits per heavy atom. The molecule has 0 aliphatic rings. The molecular weight excluding hydrogens is 238 g/mol. The minimum atomic E-state index is 0.483. The van der Waals surface area contributed by atoms with Crippen LogP contribution in [0.15, 0.2) is 24.3 Å². The summed E-state index contributed by atoms with van der Waals surface area (Å²) in [5.74, 6) is 1.67. The van der Waals surface area contributed by atoms with Gasteiger partial charge in [-0.25, -0.2) is 9.97 Å². The molecule has 1 aromatic heterocycles. The second-order valence-corrected chi connectivity index (χ2v) is 4.52. The molecule has 0 saturated carbocycles. The number of nitrogens with zero attached hydrogens (tertiary/aromatic N) is 2. The van der Waals surface area contributed by atoms with Crippen LogP contribution in [0.2, 0.25) is 0 Å². The Balaban J connectivity index is 2.28. The summed E-state index contributed by atoms with van der Waals surface area (Å²) in [5, 5.41) is 0. The van der Waals surface area contributed by atoms with Gasteiger partial charge in [0.15, 0.2) is 0 Å². The van der Waals surface area contributed by atoms with E-state index in [1.807, 2.05) is 38.1 Å². The van der Waals surface area contributed by atoms with E-state index in [1.165, 1.54) is 0 Å². The van der Waals surface area contributed by atoms with Crippen LogP contribution >= 0.6 is 0 Å². The van der Waals surface area contributed by atoms with Crippen molar-refractivity contribution in [3.05, 3.63) is 52.6 Å².